The maximum atomic E-state index is 11.4. The second kappa shape index (κ2) is 5.57. The zero-order valence-corrected chi connectivity index (χ0v) is 11.0. The quantitative estimate of drug-likeness (QED) is 0.500. The van der Waals surface area contributed by atoms with E-state index in [2.05, 4.69) is 12.6 Å². The number of carboxylic acids is 1. The third kappa shape index (κ3) is 2.75. The first-order chi connectivity index (χ1) is 8.59. The van der Waals surface area contributed by atoms with E-state index in [-0.39, 0.29) is 5.56 Å². The lowest BCUT2D eigenvalue weighted by molar-refractivity contribution is -0.131. The number of ketones is 1. The molecule has 0 unspecified atom stereocenters. The van der Waals surface area contributed by atoms with E-state index >= 15 is 0 Å². The average Bonchev–Trinajstić information content (AvgIpc) is 2.38. The van der Waals surface area contributed by atoms with Gasteiger partial charge in [0.05, 0.1) is 0 Å². The molecule has 4 heteroatoms. The molecular formula is C14H16O3S. The van der Waals surface area contributed by atoms with Crippen molar-refractivity contribution in [1.82, 2.24) is 0 Å². The lowest BCUT2D eigenvalue weighted by Crippen LogP contribution is -2.13. The van der Waals surface area contributed by atoms with E-state index in [1.807, 2.05) is 6.07 Å². The molecule has 1 aliphatic rings. The molecule has 0 saturated heterocycles. The van der Waals surface area contributed by atoms with Gasteiger partial charge in [0.15, 0.2) is 0 Å². The van der Waals surface area contributed by atoms with Crippen LogP contribution < -0.4 is 0 Å². The van der Waals surface area contributed by atoms with Gasteiger partial charge in [0.1, 0.15) is 0 Å². The van der Waals surface area contributed by atoms with Crippen molar-refractivity contribution in [2.24, 2.45) is 0 Å². The van der Waals surface area contributed by atoms with E-state index in [1.165, 1.54) is 19.3 Å². The fraction of sp³-hybridized carbons (Fsp3) is 0.429. The summed E-state index contributed by atoms with van der Waals surface area (Å²) >= 11 is 4.40. The van der Waals surface area contributed by atoms with E-state index in [0.29, 0.717) is 5.92 Å². The number of hydrogen-bond acceptors (Lipinski definition) is 3. The molecule has 0 atom stereocenters. The van der Waals surface area contributed by atoms with Gasteiger partial charge in [-0.25, -0.2) is 4.79 Å². The number of carbonyl (C=O) groups is 2. The van der Waals surface area contributed by atoms with E-state index < -0.39 is 11.8 Å². The fourth-order valence-electron chi connectivity index (χ4n) is 2.57. The first kappa shape index (κ1) is 13.1. The highest BCUT2D eigenvalue weighted by molar-refractivity contribution is 7.80. The molecule has 18 heavy (non-hydrogen) atoms. The van der Waals surface area contributed by atoms with Crippen molar-refractivity contribution in [3.63, 3.8) is 0 Å². The smallest absolute Gasteiger partial charge is 0.377 e. The first-order valence-electron chi connectivity index (χ1n) is 6.20. The van der Waals surface area contributed by atoms with Crippen LogP contribution in [0.15, 0.2) is 23.1 Å². The summed E-state index contributed by atoms with van der Waals surface area (Å²) in [5.41, 5.74) is 1.34. The Bertz CT molecular complexity index is 476. The van der Waals surface area contributed by atoms with E-state index in [9.17, 15) is 9.59 Å². The summed E-state index contributed by atoms with van der Waals surface area (Å²) in [7, 11) is 0. The summed E-state index contributed by atoms with van der Waals surface area (Å²) in [5.74, 6) is -1.80. The first-order valence-corrected chi connectivity index (χ1v) is 6.65. The van der Waals surface area contributed by atoms with Gasteiger partial charge in [-0.2, -0.15) is 0 Å². The zero-order chi connectivity index (χ0) is 13.1. The predicted molar refractivity (Wildman–Crippen MR) is 71.5 cm³/mol. The molecule has 96 valence electrons. The Morgan fingerprint density at radius 2 is 1.83 bits per heavy atom. The lowest BCUT2D eigenvalue weighted by atomic mass is 9.83. The molecule has 1 N–H and O–H groups in total. The Balaban J connectivity index is 2.24. The van der Waals surface area contributed by atoms with Crippen LogP contribution in [-0.4, -0.2) is 16.9 Å². The number of hydrogen-bond donors (Lipinski definition) is 2. The number of rotatable bonds is 3. The molecule has 0 aromatic heterocycles. The van der Waals surface area contributed by atoms with Crippen LogP contribution in [0.3, 0.4) is 0 Å². The molecule has 2 rings (SSSR count). The molecule has 0 spiro atoms. The van der Waals surface area contributed by atoms with Crippen molar-refractivity contribution in [1.29, 1.82) is 0 Å². The third-order valence-electron chi connectivity index (χ3n) is 3.53. The van der Waals surface area contributed by atoms with Gasteiger partial charge < -0.3 is 5.11 Å². The van der Waals surface area contributed by atoms with Gasteiger partial charge in [-0.15, -0.1) is 12.6 Å². The van der Waals surface area contributed by atoms with Crippen molar-refractivity contribution < 1.29 is 14.7 Å². The van der Waals surface area contributed by atoms with Crippen LogP contribution in [0, 0.1) is 0 Å². The topological polar surface area (TPSA) is 54.4 Å². The summed E-state index contributed by atoms with van der Waals surface area (Å²) in [6, 6.07) is 5.03. The third-order valence-corrected chi connectivity index (χ3v) is 3.92. The normalized spacial score (nSPS) is 16.5. The molecule has 1 saturated carbocycles. The zero-order valence-electron chi connectivity index (χ0n) is 10.1. The van der Waals surface area contributed by atoms with Gasteiger partial charge in [0.25, 0.3) is 5.78 Å². The number of thiol groups is 1. The number of carboxylic acid groups (broad SMARTS) is 1. The van der Waals surface area contributed by atoms with Crippen molar-refractivity contribution in [2.45, 2.75) is 42.9 Å². The van der Waals surface area contributed by atoms with Gasteiger partial charge in [-0.3, -0.25) is 4.79 Å². The monoisotopic (exact) mass is 264 g/mol. The van der Waals surface area contributed by atoms with Gasteiger partial charge >= 0.3 is 5.97 Å². The average molecular weight is 264 g/mol. The Labute approximate surface area is 112 Å². The highest BCUT2D eigenvalue weighted by Gasteiger charge is 2.20. The maximum absolute atomic E-state index is 11.4. The fourth-order valence-corrected chi connectivity index (χ4v) is 2.96. The molecule has 0 bridgehead atoms. The number of benzene rings is 1. The van der Waals surface area contributed by atoms with Crippen molar-refractivity contribution in [3.8, 4) is 0 Å². The lowest BCUT2D eigenvalue weighted by Gasteiger charge is -2.23. The van der Waals surface area contributed by atoms with Gasteiger partial charge in [0, 0.05) is 10.5 Å². The number of aliphatic carboxylic acids is 1. The Morgan fingerprint density at radius 1 is 1.17 bits per heavy atom. The van der Waals surface area contributed by atoms with Crippen molar-refractivity contribution >= 4 is 24.4 Å². The molecular weight excluding hydrogens is 248 g/mol. The Morgan fingerprint density at radius 3 is 2.39 bits per heavy atom. The van der Waals surface area contributed by atoms with Crippen molar-refractivity contribution in [2.75, 3.05) is 0 Å². The number of carbonyl (C=O) groups excluding carboxylic acids is 1. The van der Waals surface area contributed by atoms with Gasteiger partial charge in [0.2, 0.25) is 0 Å². The van der Waals surface area contributed by atoms with Crippen LogP contribution in [0.5, 0.6) is 0 Å². The summed E-state index contributed by atoms with van der Waals surface area (Å²) in [5, 5.41) is 8.67. The van der Waals surface area contributed by atoms with Crippen molar-refractivity contribution in [3.05, 3.63) is 29.3 Å². The molecule has 3 nitrogen and oxygen atoms in total. The Kier molecular flexibility index (Phi) is 4.07. The van der Waals surface area contributed by atoms with Crippen LogP contribution in [0.25, 0.3) is 0 Å². The number of Topliss-reactive ketones (excluding diaryl/α,β-unsaturated/α-hetero) is 1. The molecule has 1 aliphatic carbocycles. The standard InChI is InChI=1S/C14H16O3S/c15-13(14(16)17)10-6-7-11(12(18)8-10)9-4-2-1-3-5-9/h6-9,18H,1-5H2,(H,16,17). The molecule has 1 aromatic carbocycles. The van der Waals surface area contributed by atoms with E-state index in [4.69, 9.17) is 5.11 Å². The minimum atomic E-state index is -1.42. The molecule has 1 aromatic rings. The molecule has 0 aliphatic heterocycles. The van der Waals surface area contributed by atoms with E-state index in [1.54, 1.807) is 12.1 Å². The van der Waals surface area contributed by atoms with Crippen LogP contribution in [0.2, 0.25) is 0 Å². The second-order valence-electron chi connectivity index (χ2n) is 4.74. The van der Waals surface area contributed by atoms with Crippen LogP contribution in [-0.2, 0) is 4.79 Å². The van der Waals surface area contributed by atoms with Gasteiger partial charge in [-0.05, 0) is 30.4 Å². The highest BCUT2D eigenvalue weighted by Crippen LogP contribution is 2.35. The summed E-state index contributed by atoms with van der Waals surface area (Å²) in [6.07, 6.45) is 6.05. The van der Waals surface area contributed by atoms with E-state index in [0.717, 1.165) is 23.3 Å². The summed E-state index contributed by atoms with van der Waals surface area (Å²) in [6.45, 7) is 0. The molecule has 0 radical (unpaired) electrons. The van der Waals surface area contributed by atoms with Crippen LogP contribution >= 0.6 is 12.6 Å². The molecule has 0 heterocycles. The summed E-state index contributed by atoms with van der Waals surface area (Å²) in [4.78, 5) is 22.7. The molecule has 0 amide bonds. The predicted octanol–water partition coefficient (Wildman–Crippen LogP) is 3.29. The SMILES string of the molecule is O=C(O)C(=O)c1ccc(C2CCCCC2)c(S)c1. The molecule has 1 fully saturated rings. The maximum Gasteiger partial charge on any atom is 0.377 e. The minimum Gasteiger partial charge on any atom is -0.475 e. The summed E-state index contributed by atoms with van der Waals surface area (Å²) < 4.78 is 0. The van der Waals surface area contributed by atoms with Crippen LogP contribution in [0.4, 0.5) is 0 Å². The highest BCUT2D eigenvalue weighted by atomic mass is 32.1. The van der Waals surface area contributed by atoms with Crippen LogP contribution in [0.1, 0.15) is 53.9 Å². The van der Waals surface area contributed by atoms with Gasteiger partial charge in [-0.1, -0.05) is 31.4 Å². The second-order valence-corrected chi connectivity index (χ2v) is 5.22. The largest absolute Gasteiger partial charge is 0.475 e. The minimum absolute atomic E-state index is 0.201. The Hall–Kier alpha value is -1.29.